The molecule has 0 unspecified atom stereocenters. The fourth-order valence-corrected chi connectivity index (χ4v) is 4.38. The summed E-state index contributed by atoms with van der Waals surface area (Å²) < 4.78 is 12.9. The summed E-state index contributed by atoms with van der Waals surface area (Å²) in [6.07, 6.45) is 1.46. The quantitative estimate of drug-likeness (QED) is 0.242. The molecule has 1 aliphatic rings. The molecular formula is C22H31N5O5Si. The lowest BCUT2D eigenvalue weighted by Crippen LogP contribution is -2.39. The third kappa shape index (κ3) is 6.61. The number of pyridine rings is 1. The van der Waals surface area contributed by atoms with Gasteiger partial charge in [0.2, 0.25) is 5.43 Å². The van der Waals surface area contributed by atoms with Crippen molar-refractivity contribution in [3.05, 3.63) is 44.2 Å². The Morgan fingerprint density at radius 2 is 2.03 bits per heavy atom. The minimum atomic E-state index is -1.27. The van der Waals surface area contributed by atoms with E-state index in [9.17, 15) is 20.2 Å². The lowest BCUT2D eigenvalue weighted by atomic mass is 10.1. The molecule has 1 aromatic carbocycles. The summed E-state index contributed by atoms with van der Waals surface area (Å²) in [7, 11) is -1.27. The number of nitro benzene ring substituents is 1. The normalized spacial score (nSPS) is 14.8. The van der Waals surface area contributed by atoms with Crippen LogP contribution in [0.1, 0.15) is 5.56 Å². The molecule has 1 aromatic heterocycles. The Morgan fingerprint density at radius 3 is 2.67 bits per heavy atom. The van der Waals surface area contributed by atoms with Crippen molar-refractivity contribution < 1.29 is 14.4 Å². The van der Waals surface area contributed by atoms with E-state index in [0.717, 1.165) is 25.7 Å². The summed E-state index contributed by atoms with van der Waals surface area (Å²) >= 11 is 0. The maximum atomic E-state index is 12.7. The summed E-state index contributed by atoms with van der Waals surface area (Å²) in [4.78, 5) is 26.2. The molecule has 2 aromatic rings. The van der Waals surface area contributed by atoms with Crippen LogP contribution in [0.3, 0.4) is 0 Å². The number of ether oxygens (including phenoxy) is 2. The van der Waals surface area contributed by atoms with E-state index in [0.29, 0.717) is 37.6 Å². The van der Waals surface area contributed by atoms with E-state index in [2.05, 4.69) is 29.9 Å². The highest BCUT2D eigenvalue weighted by atomic mass is 28.3. The van der Waals surface area contributed by atoms with Crippen LogP contribution in [0.25, 0.3) is 10.9 Å². The maximum absolute atomic E-state index is 12.7. The van der Waals surface area contributed by atoms with Crippen molar-refractivity contribution in [1.29, 1.82) is 5.26 Å². The summed E-state index contributed by atoms with van der Waals surface area (Å²) in [5.41, 5.74) is 0.0440. The van der Waals surface area contributed by atoms with Crippen molar-refractivity contribution in [3.8, 4) is 6.07 Å². The number of hydrogen-bond donors (Lipinski definition) is 1. The second-order valence-electron chi connectivity index (χ2n) is 9.33. The monoisotopic (exact) mass is 473 g/mol. The van der Waals surface area contributed by atoms with E-state index >= 15 is 0 Å². The minimum absolute atomic E-state index is 0.0707. The second-order valence-corrected chi connectivity index (χ2v) is 14.9. The summed E-state index contributed by atoms with van der Waals surface area (Å²) in [6.45, 7) is 11.7. The molecule has 0 radical (unpaired) electrons. The first kappa shape index (κ1) is 24.9. The van der Waals surface area contributed by atoms with Crippen LogP contribution in [-0.4, -0.2) is 68.5 Å². The van der Waals surface area contributed by atoms with Crippen LogP contribution in [0.15, 0.2) is 23.1 Å². The molecule has 1 aliphatic heterocycles. The van der Waals surface area contributed by atoms with Gasteiger partial charge in [-0.25, -0.2) is 0 Å². The summed E-state index contributed by atoms with van der Waals surface area (Å²) in [6, 6.07) is 5.74. The minimum Gasteiger partial charge on any atom is -0.379 e. The molecule has 0 saturated carbocycles. The first-order valence-electron chi connectivity index (χ1n) is 11.1. The van der Waals surface area contributed by atoms with Crippen LogP contribution in [0, 0.1) is 21.4 Å². The number of rotatable bonds is 10. The van der Waals surface area contributed by atoms with Gasteiger partial charge in [0, 0.05) is 53.1 Å². The van der Waals surface area contributed by atoms with E-state index in [4.69, 9.17) is 9.47 Å². The van der Waals surface area contributed by atoms with Crippen LogP contribution >= 0.6 is 0 Å². The summed E-state index contributed by atoms with van der Waals surface area (Å²) in [5, 5.41) is 24.4. The number of fused-ring (bicyclic) bond motifs is 1. The lowest BCUT2D eigenvalue weighted by molar-refractivity contribution is -0.383. The van der Waals surface area contributed by atoms with Crippen LogP contribution < -0.4 is 10.7 Å². The second kappa shape index (κ2) is 10.9. The molecule has 0 atom stereocenters. The first-order valence-corrected chi connectivity index (χ1v) is 14.8. The molecule has 0 aliphatic carbocycles. The van der Waals surface area contributed by atoms with E-state index in [-0.39, 0.29) is 23.4 Å². The Labute approximate surface area is 193 Å². The lowest BCUT2D eigenvalue weighted by Gasteiger charge is -2.26. The number of benzene rings is 1. The molecular weight excluding hydrogens is 442 g/mol. The molecule has 10 nitrogen and oxygen atoms in total. The zero-order chi connectivity index (χ0) is 24.0. The third-order valence-corrected chi connectivity index (χ3v) is 7.29. The highest BCUT2D eigenvalue weighted by molar-refractivity contribution is 6.76. The highest BCUT2D eigenvalue weighted by Gasteiger charge is 2.20. The zero-order valence-electron chi connectivity index (χ0n) is 19.4. The molecule has 0 amide bonds. The number of nitriles is 1. The van der Waals surface area contributed by atoms with E-state index in [1.54, 1.807) is 10.6 Å². The van der Waals surface area contributed by atoms with Crippen LogP contribution in [0.4, 0.5) is 11.4 Å². The van der Waals surface area contributed by atoms with Crippen molar-refractivity contribution in [3.63, 3.8) is 0 Å². The Hall–Kier alpha value is -2.78. The van der Waals surface area contributed by atoms with Gasteiger partial charge in [-0.15, -0.1) is 0 Å². The number of anilines is 1. The maximum Gasteiger partial charge on any atom is 0.293 e. The van der Waals surface area contributed by atoms with Crippen molar-refractivity contribution in [1.82, 2.24) is 9.47 Å². The predicted molar refractivity (Wildman–Crippen MR) is 129 cm³/mol. The number of hydrogen-bond acceptors (Lipinski definition) is 8. The average molecular weight is 474 g/mol. The van der Waals surface area contributed by atoms with Gasteiger partial charge in [-0.05, 0) is 12.1 Å². The van der Waals surface area contributed by atoms with Gasteiger partial charge in [0.15, 0.2) is 0 Å². The van der Waals surface area contributed by atoms with Crippen LogP contribution in [-0.2, 0) is 16.2 Å². The van der Waals surface area contributed by atoms with Gasteiger partial charge < -0.3 is 19.4 Å². The van der Waals surface area contributed by atoms with Crippen LogP contribution in [0.2, 0.25) is 25.7 Å². The topological polar surface area (TPSA) is 123 Å². The molecule has 33 heavy (non-hydrogen) atoms. The van der Waals surface area contributed by atoms with Gasteiger partial charge in [-0.1, -0.05) is 19.6 Å². The van der Waals surface area contributed by atoms with Crippen molar-refractivity contribution in [2.24, 2.45) is 0 Å². The largest absolute Gasteiger partial charge is 0.379 e. The fraction of sp³-hybridized carbons (Fsp3) is 0.545. The molecule has 0 bridgehead atoms. The third-order valence-electron chi connectivity index (χ3n) is 5.59. The number of nitrogens with one attached hydrogen (secondary N) is 1. The van der Waals surface area contributed by atoms with Crippen molar-refractivity contribution >= 4 is 30.4 Å². The van der Waals surface area contributed by atoms with E-state index in [1.165, 1.54) is 12.3 Å². The standard InChI is InChI=1S/C22H31N5O5Si/c1-33(2,3)11-10-32-16-26-15-17(14-23)22(28)18-12-21(27(29)30)19(13-20(18)26)24-4-5-25-6-8-31-9-7-25/h12-13,15,24H,4-11,16H2,1-3H3. The molecule has 1 saturated heterocycles. The SMILES string of the molecule is C[Si](C)(C)CCOCn1cc(C#N)c(=O)c2cc([N+](=O)[O-])c(NCCN3CCOCC3)cc21. The smallest absolute Gasteiger partial charge is 0.293 e. The number of nitro groups is 1. The molecule has 11 heteroatoms. The van der Waals surface area contributed by atoms with Crippen molar-refractivity contribution in [2.75, 3.05) is 51.3 Å². The van der Waals surface area contributed by atoms with Gasteiger partial charge in [0.25, 0.3) is 5.69 Å². The fourth-order valence-electron chi connectivity index (χ4n) is 3.62. The van der Waals surface area contributed by atoms with Crippen molar-refractivity contribution in [2.45, 2.75) is 32.4 Å². The highest BCUT2D eigenvalue weighted by Crippen LogP contribution is 2.29. The Kier molecular flexibility index (Phi) is 8.20. The molecule has 1 fully saturated rings. The van der Waals surface area contributed by atoms with Crippen LogP contribution in [0.5, 0.6) is 0 Å². The molecule has 0 spiro atoms. The van der Waals surface area contributed by atoms with E-state index in [1.807, 2.05) is 6.07 Å². The molecule has 2 heterocycles. The first-order chi connectivity index (χ1) is 15.7. The van der Waals surface area contributed by atoms with Gasteiger partial charge in [0.1, 0.15) is 24.1 Å². The Balaban J connectivity index is 1.90. The average Bonchev–Trinajstić information content (AvgIpc) is 2.77. The molecule has 3 rings (SSSR count). The van der Waals surface area contributed by atoms with Gasteiger partial charge in [-0.2, -0.15) is 5.26 Å². The van der Waals surface area contributed by atoms with Gasteiger partial charge in [0.05, 0.1) is 29.0 Å². The zero-order valence-corrected chi connectivity index (χ0v) is 20.4. The predicted octanol–water partition coefficient (Wildman–Crippen LogP) is 2.84. The Morgan fingerprint density at radius 1 is 1.30 bits per heavy atom. The van der Waals surface area contributed by atoms with Gasteiger partial charge in [-0.3, -0.25) is 19.8 Å². The number of nitrogens with zero attached hydrogens (tertiary/aromatic N) is 4. The Bertz CT molecular complexity index is 1100. The molecule has 1 N–H and O–H groups in total. The number of aromatic nitrogens is 1. The van der Waals surface area contributed by atoms with Gasteiger partial charge >= 0.3 is 0 Å². The molecule has 178 valence electrons. The van der Waals surface area contributed by atoms with E-state index < -0.39 is 18.4 Å². The summed E-state index contributed by atoms with van der Waals surface area (Å²) in [5.74, 6) is 0. The number of morpholine rings is 1.